The molecular weight excluding hydrogens is 543 g/mol. The molecule has 3 amide bonds. The number of rotatable bonds is 8. The summed E-state index contributed by atoms with van der Waals surface area (Å²) < 4.78 is 49.6. The van der Waals surface area contributed by atoms with Crippen molar-refractivity contribution in [1.82, 2.24) is 10.2 Å². The van der Waals surface area contributed by atoms with Gasteiger partial charge in [0.05, 0.1) is 19.2 Å². The Morgan fingerprint density at radius 3 is 2.15 bits per heavy atom. The SMILES string of the molecule is COC(=O)N(Cc1ccccc1NC(=O)OC(C)(C)C)C(C(=O)NC1CCCC1)C(=O)c1ccc(C(F)(F)F)cc1. The fourth-order valence-corrected chi connectivity index (χ4v) is 4.49. The number of carbonyl (C=O) groups excluding carboxylic acids is 4. The molecule has 9 nitrogen and oxygen atoms in total. The van der Waals surface area contributed by atoms with E-state index in [2.05, 4.69) is 10.6 Å². The van der Waals surface area contributed by atoms with Crippen molar-refractivity contribution in [2.24, 2.45) is 0 Å². The number of benzene rings is 2. The molecule has 2 aromatic rings. The van der Waals surface area contributed by atoms with Crippen LogP contribution in [-0.4, -0.2) is 53.6 Å². The Morgan fingerprint density at radius 2 is 1.59 bits per heavy atom. The minimum absolute atomic E-state index is 0.196. The van der Waals surface area contributed by atoms with Gasteiger partial charge in [-0.1, -0.05) is 43.2 Å². The van der Waals surface area contributed by atoms with E-state index < -0.39 is 47.3 Å². The van der Waals surface area contributed by atoms with E-state index in [1.54, 1.807) is 45.0 Å². The molecule has 0 radical (unpaired) electrons. The van der Waals surface area contributed by atoms with Crippen LogP contribution in [0.3, 0.4) is 0 Å². The lowest BCUT2D eigenvalue weighted by atomic mass is 9.99. The van der Waals surface area contributed by atoms with Crippen molar-refractivity contribution in [3.8, 4) is 0 Å². The number of carbonyl (C=O) groups is 4. The van der Waals surface area contributed by atoms with E-state index in [9.17, 15) is 32.3 Å². The summed E-state index contributed by atoms with van der Waals surface area (Å²) >= 11 is 0. The molecule has 1 fully saturated rings. The second-order valence-corrected chi connectivity index (χ2v) is 10.7. The molecule has 3 rings (SSSR count). The predicted molar refractivity (Wildman–Crippen MR) is 144 cm³/mol. The number of alkyl halides is 3. The molecule has 0 bridgehead atoms. The highest BCUT2D eigenvalue weighted by Crippen LogP contribution is 2.30. The number of nitrogens with zero attached hydrogens (tertiary/aromatic N) is 1. The maximum absolute atomic E-state index is 13.7. The molecule has 1 aliphatic rings. The molecule has 0 aromatic heterocycles. The molecule has 222 valence electrons. The van der Waals surface area contributed by atoms with Crippen LogP contribution in [0.2, 0.25) is 0 Å². The van der Waals surface area contributed by atoms with Crippen molar-refractivity contribution in [2.45, 2.75) is 76.9 Å². The monoisotopic (exact) mass is 577 g/mol. The summed E-state index contributed by atoms with van der Waals surface area (Å²) in [5, 5.41) is 5.41. The summed E-state index contributed by atoms with van der Waals surface area (Å²) in [4.78, 5) is 53.7. The molecular formula is C29H34F3N3O6. The predicted octanol–water partition coefficient (Wildman–Crippen LogP) is 5.93. The molecule has 1 unspecified atom stereocenters. The number of halogens is 3. The summed E-state index contributed by atoms with van der Waals surface area (Å²) in [5.74, 6) is -1.68. The van der Waals surface area contributed by atoms with Gasteiger partial charge in [0, 0.05) is 17.3 Å². The van der Waals surface area contributed by atoms with Gasteiger partial charge < -0.3 is 14.8 Å². The van der Waals surface area contributed by atoms with Gasteiger partial charge in [0.1, 0.15) is 5.60 Å². The molecule has 0 aliphatic heterocycles. The van der Waals surface area contributed by atoms with Crippen LogP contribution in [0.25, 0.3) is 0 Å². The number of Topliss-reactive ketones (excluding diaryl/α,β-unsaturated/α-hetero) is 1. The summed E-state index contributed by atoms with van der Waals surface area (Å²) in [5.41, 5.74) is -1.34. The van der Waals surface area contributed by atoms with Crippen molar-refractivity contribution in [3.63, 3.8) is 0 Å². The lowest BCUT2D eigenvalue weighted by Crippen LogP contribution is -2.55. The summed E-state index contributed by atoms with van der Waals surface area (Å²) in [6, 6.07) is 7.83. The highest BCUT2D eigenvalue weighted by atomic mass is 19.4. The maximum atomic E-state index is 13.7. The lowest BCUT2D eigenvalue weighted by molar-refractivity contribution is -0.137. The van der Waals surface area contributed by atoms with Gasteiger partial charge in [-0.05, 0) is 57.4 Å². The Morgan fingerprint density at radius 1 is 0.976 bits per heavy atom. The normalized spacial score (nSPS) is 14.6. The third-order valence-corrected chi connectivity index (χ3v) is 6.41. The molecule has 0 saturated heterocycles. The van der Waals surface area contributed by atoms with Crippen LogP contribution in [0.4, 0.5) is 28.4 Å². The van der Waals surface area contributed by atoms with Crippen molar-refractivity contribution in [1.29, 1.82) is 0 Å². The first-order chi connectivity index (χ1) is 19.2. The Bertz CT molecular complexity index is 1250. The van der Waals surface area contributed by atoms with E-state index in [0.29, 0.717) is 18.4 Å². The first kappa shape index (κ1) is 31.4. The molecule has 0 spiro atoms. The van der Waals surface area contributed by atoms with Crippen LogP contribution in [0.15, 0.2) is 48.5 Å². The highest BCUT2D eigenvalue weighted by molar-refractivity contribution is 6.15. The quantitative estimate of drug-likeness (QED) is 0.297. The number of para-hydroxylation sites is 1. The molecule has 1 saturated carbocycles. The van der Waals surface area contributed by atoms with E-state index in [-0.39, 0.29) is 23.8 Å². The molecule has 12 heteroatoms. The van der Waals surface area contributed by atoms with E-state index in [4.69, 9.17) is 9.47 Å². The average molecular weight is 578 g/mol. The van der Waals surface area contributed by atoms with Gasteiger partial charge in [-0.3, -0.25) is 19.8 Å². The van der Waals surface area contributed by atoms with Crippen molar-refractivity contribution >= 4 is 29.6 Å². The zero-order chi connectivity index (χ0) is 30.4. The number of hydrogen-bond acceptors (Lipinski definition) is 6. The number of ether oxygens (including phenoxy) is 2. The fraction of sp³-hybridized carbons (Fsp3) is 0.448. The minimum atomic E-state index is -4.62. The Kier molecular flexibility index (Phi) is 10.0. The van der Waals surface area contributed by atoms with Crippen LogP contribution >= 0.6 is 0 Å². The van der Waals surface area contributed by atoms with E-state index in [1.165, 1.54) is 0 Å². The Balaban J connectivity index is 1.99. The topological polar surface area (TPSA) is 114 Å². The highest BCUT2D eigenvalue weighted by Gasteiger charge is 2.39. The van der Waals surface area contributed by atoms with Crippen LogP contribution in [0, 0.1) is 0 Å². The number of hydrogen-bond donors (Lipinski definition) is 2. The van der Waals surface area contributed by atoms with Gasteiger partial charge in [0.25, 0.3) is 5.91 Å². The summed E-state index contributed by atoms with van der Waals surface area (Å²) in [6.07, 6.45) is -3.26. The molecule has 2 aromatic carbocycles. The molecule has 0 heterocycles. The van der Waals surface area contributed by atoms with Crippen LogP contribution in [0.5, 0.6) is 0 Å². The average Bonchev–Trinajstić information content (AvgIpc) is 3.40. The fourth-order valence-electron chi connectivity index (χ4n) is 4.49. The van der Waals surface area contributed by atoms with Gasteiger partial charge in [0.15, 0.2) is 11.8 Å². The van der Waals surface area contributed by atoms with Crippen LogP contribution in [0.1, 0.15) is 67.9 Å². The zero-order valence-electron chi connectivity index (χ0n) is 23.3. The number of methoxy groups -OCH3 is 1. The minimum Gasteiger partial charge on any atom is -0.453 e. The lowest BCUT2D eigenvalue weighted by Gasteiger charge is -2.30. The van der Waals surface area contributed by atoms with Gasteiger partial charge in [-0.15, -0.1) is 0 Å². The molecule has 41 heavy (non-hydrogen) atoms. The maximum Gasteiger partial charge on any atom is 0.416 e. The first-order valence-corrected chi connectivity index (χ1v) is 13.1. The third kappa shape index (κ3) is 8.70. The summed E-state index contributed by atoms with van der Waals surface area (Å²) in [7, 11) is 1.08. The van der Waals surface area contributed by atoms with Crippen LogP contribution < -0.4 is 10.6 Å². The molecule has 2 N–H and O–H groups in total. The van der Waals surface area contributed by atoms with Crippen molar-refractivity contribution < 1.29 is 41.8 Å². The summed E-state index contributed by atoms with van der Waals surface area (Å²) in [6.45, 7) is 4.72. The largest absolute Gasteiger partial charge is 0.453 e. The number of amides is 3. The standard InChI is InChI=1S/C29H34F3N3O6/c1-28(2,3)41-26(38)34-22-12-8-5-9-19(22)17-35(27(39)40-4)23(25(37)33-21-10-6-7-11-21)24(36)18-13-15-20(16-14-18)29(30,31)32/h5,8-9,12-16,21,23H,6-7,10-11,17H2,1-4H3,(H,33,37)(H,34,38). The van der Waals surface area contributed by atoms with E-state index in [1.807, 2.05) is 0 Å². The van der Waals surface area contributed by atoms with E-state index >= 15 is 0 Å². The van der Waals surface area contributed by atoms with Gasteiger partial charge in [0.2, 0.25) is 0 Å². The number of ketones is 1. The second kappa shape index (κ2) is 13.0. The third-order valence-electron chi connectivity index (χ3n) is 6.41. The van der Waals surface area contributed by atoms with Gasteiger partial charge in [-0.2, -0.15) is 13.2 Å². The van der Waals surface area contributed by atoms with Gasteiger partial charge >= 0.3 is 18.4 Å². The smallest absolute Gasteiger partial charge is 0.416 e. The van der Waals surface area contributed by atoms with Gasteiger partial charge in [-0.25, -0.2) is 9.59 Å². The second-order valence-electron chi connectivity index (χ2n) is 10.7. The number of anilines is 1. The van der Waals surface area contributed by atoms with Crippen LogP contribution in [-0.2, 0) is 27.0 Å². The number of nitrogens with one attached hydrogen (secondary N) is 2. The Labute approximate surface area is 236 Å². The van der Waals surface area contributed by atoms with Crippen molar-refractivity contribution in [2.75, 3.05) is 12.4 Å². The molecule has 1 aliphatic carbocycles. The Hall–Kier alpha value is -4.09. The van der Waals surface area contributed by atoms with Crippen molar-refractivity contribution in [3.05, 3.63) is 65.2 Å². The first-order valence-electron chi connectivity index (χ1n) is 13.1. The zero-order valence-corrected chi connectivity index (χ0v) is 23.3. The molecule has 1 atom stereocenters. The van der Waals surface area contributed by atoms with E-state index in [0.717, 1.165) is 49.1 Å².